The Morgan fingerprint density at radius 2 is 2.00 bits per heavy atom. The molecule has 0 aliphatic rings. The summed E-state index contributed by atoms with van der Waals surface area (Å²) in [6, 6.07) is 6.97. The Hall–Kier alpha value is -0.370. The van der Waals surface area contributed by atoms with Crippen molar-refractivity contribution in [2.75, 3.05) is 5.33 Å². The summed E-state index contributed by atoms with van der Waals surface area (Å²) in [4.78, 5) is 0. The van der Waals surface area contributed by atoms with E-state index in [1.54, 1.807) is 12.1 Å². The molecule has 90 valence electrons. The van der Waals surface area contributed by atoms with Gasteiger partial charge in [-0.25, -0.2) is 4.39 Å². The van der Waals surface area contributed by atoms with Crippen LogP contribution in [0.1, 0.15) is 44.6 Å². The van der Waals surface area contributed by atoms with Gasteiger partial charge in [0, 0.05) is 5.33 Å². The van der Waals surface area contributed by atoms with E-state index >= 15 is 0 Å². The van der Waals surface area contributed by atoms with Crippen molar-refractivity contribution < 1.29 is 4.39 Å². The molecule has 0 saturated carbocycles. The first-order chi connectivity index (χ1) is 7.63. The van der Waals surface area contributed by atoms with Gasteiger partial charge in [-0.05, 0) is 36.0 Å². The number of halogens is 2. The van der Waals surface area contributed by atoms with Crippen molar-refractivity contribution in [3.8, 4) is 0 Å². The molecular weight excluding hydrogens is 267 g/mol. The lowest BCUT2D eigenvalue weighted by Gasteiger charge is -2.15. The molecule has 0 spiro atoms. The zero-order valence-corrected chi connectivity index (χ0v) is 11.6. The molecule has 1 rings (SSSR count). The second kappa shape index (κ2) is 7.05. The van der Waals surface area contributed by atoms with Gasteiger partial charge in [-0.2, -0.15) is 0 Å². The van der Waals surface area contributed by atoms with Crippen LogP contribution in [0.25, 0.3) is 0 Å². The highest BCUT2D eigenvalue weighted by Crippen LogP contribution is 2.25. The quantitative estimate of drug-likeness (QED) is 0.636. The van der Waals surface area contributed by atoms with Crippen LogP contribution in [0.15, 0.2) is 24.3 Å². The van der Waals surface area contributed by atoms with Crippen molar-refractivity contribution in [3.63, 3.8) is 0 Å². The van der Waals surface area contributed by atoms with Crippen LogP contribution in [0, 0.1) is 11.7 Å². The number of benzene rings is 1. The molecule has 0 saturated heterocycles. The molecular formula is C14H20BrF. The Morgan fingerprint density at radius 3 is 2.56 bits per heavy atom. The van der Waals surface area contributed by atoms with Gasteiger partial charge >= 0.3 is 0 Å². The van der Waals surface area contributed by atoms with Gasteiger partial charge in [0.2, 0.25) is 0 Å². The van der Waals surface area contributed by atoms with E-state index in [0.717, 1.165) is 23.2 Å². The molecule has 16 heavy (non-hydrogen) atoms. The molecule has 0 N–H and O–H groups in total. The maximum Gasteiger partial charge on any atom is 0.123 e. The molecule has 1 atom stereocenters. The van der Waals surface area contributed by atoms with Gasteiger partial charge in [0.05, 0.1) is 0 Å². The van der Waals surface area contributed by atoms with Crippen LogP contribution in [0.5, 0.6) is 0 Å². The fourth-order valence-corrected chi connectivity index (χ4v) is 2.56. The predicted molar refractivity (Wildman–Crippen MR) is 71.6 cm³/mol. The van der Waals surface area contributed by atoms with E-state index in [4.69, 9.17) is 0 Å². The average molecular weight is 287 g/mol. The molecule has 1 aromatic carbocycles. The zero-order valence-electron chi connectivity index (χ0n) is 10.0. The van der Waals surface area contributed by atoms with E-state index in [2.05, 4.69) is 29.8 Å². The number of hydrogen-bond acceptors (Lipinski definition) is 0. The molecule has 0 aliphatic heterocycles. The summed E-state index contributed by atoms with van der Waals surface area (Å²) in [5, 5.41) is 0.911. The van der Waals surface area contributed by atoms with Gasteiger partial charge < -0.3 is 0 Å². The molecule has 0 bridgehead atoms. The second-order valence-corrected chi connectivity index (χ2v) is 5.38. The molecule has 1 unspecified atom stereocenters. The minimum Gasteiger partial charge on any atom is -0.207 e. The number of alkyl halides is 1. The van der Waals surface area contributed by atoms with Crippen molar-refractivity contribution in [2.24, 2.45) is 5.92 Å². The van der Waals surface area contributed by atoms with Gasteiger partial charge in [0.25, 0.3) is 0 Å². The minimum atomic E-state index is -0.132. The van der Waals surface area contributed by atoms with Crippen LogP contribution in [-0.2, 0) is 0 Å². The molecule has 1 aromatic rings. The van der Waals surface area contributed by atoms with Crippen LogP contribution in [0.2, 0.25) is 0 Å². The molecule has 0 amide bonds. The summed E-state index contributed by atoms with van der Waals surface area (Å²) in [6.07, 6.45) is 3.59. The van der Waals surface area contributed by atoms with E-state index in [0.29, 0.717) is 5.92 Å². The van der Waals surface area contributed by atoms with Crippen LogP contribution >= 0.6 is 15.9 Å². The molecule has 2 heteroatoms. The number of hydrogen-bond donors (Lipinski definition) is 0. The first-order valence-electron chi connectivity index (χ1n) is 5.95. The normalized spacial score (nSPS) is 13.1. The van der Waals surface area contributed by atoms with E-state index in [-0.39, 0.29) is 5.82 Å². The Kier molecular flexibility index (Phi) is 6.04. The monoisotopic (exact) mass is 286 g/mol. The summed E-state index contributed by atoms with van der Waals surface area (Å²) in [7, 11) is 0. The molecule has 0 heterocycles. The third-order valence-electron chi connectivity index (χ3n) is 2.84. The van der Waals surface area contributed by atoms with E-state index < -0.39 is 0 Å². The summed E-state index contributed by atoms with van der Waals surface area (Å²) in [5.74, 6) is 1.06. The van der Waals surface area contributed by atoms with E-state index in [1.165, 1.54) is 18.9 Å². The van der Waals surface area contributed by atoms with Gasteiger partial charge in [0.15, 0.2) is 0 Å². The highest BCUT2D eigenvalue weighted by molar-refractivity contribution is 9.09. The highest BCUT2D eigenvalue weighted by atomic mass is 79.9. The fourth-order valence-electron chi connectivity index (χ4n) is 1.87. The van der Waals surface area contributed by atoms with Gasteiger partial charge in [-0.3, -0.25) is 0 Å². The van der Waals surface area contributed by atoms with Crippen molar-refractivity contribution >= 4 is 15.9 Å². The van der Waals surface area contributed by atoms with Crippen LogP contribution in [0.4, 0.5) is 4.39 Å². The SMILES string of the molecule is CC(C)CCCC(CBr)c1cccc(F)c1. The topological polar surface area (TPSA) is 0 Å². The molecule has 0 fully saturated rings. The first kappa shape index (κ1) is 13.7. The Balaban J connectivity index is 2.53. The first-order valence-corrected chi connectivity index (χ1v) is 7.07. The lowest BCUT2D eigenvalue weighted by molar-refractivity contribution is 0.514. The van der Waals surface area contributed by atoms with Gasteiger partial charge in [-0.1, -0.05) is 54.8 Å². The van der Waals surface area contributed by atoms with Crippen molar-refractivity contribution in [2.45, 2.75) is 39.0 Å². The van der Waals surface area contributed by atoms with Crippen molar-refractivity contribution in [3.05, 3.63) is 35.6 Å². The fraction of sp³-hybridized carbons (Fsp3) is 0.571. The Morgan fingerprint density at radius 1 is 1.25 bits per heavy atom. The lowest BCUT2D eigenvalue weighted by atomic mass is 9.93. The molecule has 0 radical (unpaired) electrons. The van der Waals surface area contributed by atoms with E-state index in [9.17, 15) is 4.39 Å². The zero-order chi connectivity index (χ0) is 12.0. The second-order valence-electron chi connectivity index (χ2n) is 4.73. The van der Waals surface area contributed by atoms with Crippen molar-refractivity contribution in [1.29, 1.82) is 0 Å². The highest BCUT2D eigenvalue weighted by Gasteiger charge is 2.10. The third-order valence-corrected chi connectivity index (χ3v) is 3.62. The lowest BCUT2D eigenvalue weighted by Crippen LogP contribution is -2.02. The standard InChI is InChI=1S/C14H20BrF/c1-11(2)5-3-7-13(10-15)12-6-4-8-14(16)9-12/h4,6,8-9,11,13H,3,5,7,10H2,1-2H3. The van der Waals surface area contributed by atoms with Crippen LogP contribution in [0.3, 0.4) is 0 Å². The minimum absolute atomic E-state index is 0.132. The van der Waals surface area contributed by atoms with Crippen LogP contribution < -0.4 is 0 Å². The maximum absolute atomic E-state index is 13.1. The summed E-state index contributed by atoms with van der Waals surface area (Å²) in [6.45, 7) is 4.48. The summed E-state index contributed by atoms with van der Waals surface area (Å²) < 4.78 is 13.1. The molecule has 0 aliphatic carbocycles. The summed E-state index contributed by atoms with van der Waals surface area (Å²) in [5.41, 5.74) is 1.11. The maximum atomic E-state index is 13.1. The van der Waals surface area contributed by atoms with Crippen LogP contribution in [-0.4, -0.2) is 5.33 Å². The molecule has 0 aromatic heterocycles. The third kappa shape index (κ3) is 4.65. The van der Waals surface area contributed by atoms with Crippen molar-refractivity contribution in [1.82, 2.24) is 0 Å². The average Bonchev–Trinajstić information content (AvgIpc) is 2.24. The summed E-state index contributed by atoms with van der Waals surface area (Å²) >= 11 is 3.52. The van der Waals surface area contributed by atoms with Gasteiger partial charge in [-0.15, -0.1) is 0 Å². The van der Waals surface area contributed by atoms with E-state index in [1.807, 2.05) is 6.07 Å². The predicted octanol–water partition coefficient (Wildman–Crippen LogP) is 5.13. The largest absolute Gasteiger partial charge is 0.207 e. The Bertz CT molecular complexity index is 309. The Labute approximate surface area is 106 Å². The molecule has 0 nitrogen and oxygen atoms in total. The smallest absolute Gasteiger partial charge is 0.123 e. The van der Waals surface area contributed by atoms with Gasteiger partial charge in [0.1, 0.15) is 5.82 Å². The number of rotatable bonds is 6.